The van der Waals surface area contributed by atoms with Crippen LogP contribution in [0, 0.1) is 0 Å². The number of carbonyl (C=O) groups is 2. The van der Waals surface area contributed by atoms with Gasteiger partial charge in [0.15, 0.2) is 0 Å². The topological polar surface area (TPSA) is 110 Å². The molecule has 0 saturated heterocycles. The molecule has 0 aliphatic carbocycles. The number of phenols is 1. The number of amides is 1. The SMILES string of the molecule is C=CCNc1c(O)cccc1C(=O)N(C/C=C/O)C/C=C(\C)CC/C=C(\C)CCC=O.CO. The van der Waals surface area contributed by atoms with E-state index >= 15 is 0 Å². The molecule has 7 nitrogen and oxygen atoms in total. The number of rotatable bonds is 14. The Labute approximate surface area is 197 Å². The Kier molecular flexibility index (Phi) is 16.4. The van der Waals surface area contributed by atoms with Gasteiger partial charge in [0.05, 0.1) is 17.5 Å². The van der Waals surface area contributed by atoms with E-state index in [2.05, 4.69) is 18.0 Å². The van der Waals surface area contributed by atoms with Crippen LogP contribution in [0.4, 0.5) is 5.69 Å². The molecule has 0 bridgehead atoms. The highest BCUT2D eigenvalue weighted by Crippen LogP contribution is 2.28. The van der Waals surface area contributed by atoms with Crippen molar-refractivity contribution in [1.29, 1.82) is 0 Å². The second kappa shape index (κ2) is 18.3. The summed E-state index contributed by atoms with van der Waals surface area (Å²) in [5, 5.41) is 29.3. The van der Waals surface area contributed by atoms with Crippen LogP contribution in [0.3, 0.4) is 0 Å². The smallest absolute Gasteiger partial charge is 0.256 e. The molecule has 0 aliphatic rings. The second-order valence-corrected chi connectivity index (χ2v) is 7.31. The summed E-state index contributed by atoms with van der Waals surface area (Å²) in [4.78, 5) is 25.2. The molecule has 0 saturated carbocycles. The Morgan fingerprint density at radius 1 is 1.09 bits per heavy atom. The molecule has 33 heavy (non-hydrogen) atoms. The highest BCUT2D eigenvalue weighted by Gasteiger charge is 2.19. The number of hydrogen-bond acceptors (Lipinski definition) is 6. The van der Waals surface area contributed by atoms with Crippen molar-refractivity contribution >= 4 is 17.9 Å². The average Bonchev–Trinajstić information content (AvgIpc) is 2.82. The first kappa shape index (κ1) is 29.7. The van der Waals surface area contributed by atoms with E-state index in [1.807, 2.05) is 19.9 Å². The maximum absolute atomic E-state index is 13.2. The van der Waals surface area contributed by atoms with Crippen LogP contribution in [0.25, 0.3) is 0 Å². The van der Waals surface area contributed by atoms with Gasteiger partial charge in [-0.15, -0.1) is 6.58 Å². The second-order valence-electron chi connectivity index (χ2n) is 7.31. The lowest BCUT2D eigenvalue weighted by Crippen LogP contribution is -2.32. The molecule has 0 atom stereocenters. The van der Waals surface area contributed by atoms with Crippen molar-refractivity contribution in [3.8, 4) is 5.75 Å². The lowest BCUT2D eigenvalue weighted by Gasteiger charge is -2.22. The minimum absolute atomic E-state index is 0.00573. The summed E-state index contributed by atoms with van der Waals surface area (Å²) in [7, 11) is 1.00. The number of nitrogens with one attached hydrogen (secondary N) is 1. The number of aromatic hydroxyl groups is 1. The summed E-state index contributed by atoms with van der Waals surface area (Å²) < 4.78 is 0. The molecule has 0 fully saturated rings. The van der Waals surface area contributed by atoms with Gasteiger partial charge in [0.25, 0.3) is 5.91 Å². The van der Waals surface area contributed by atoms with E-state index in [1.165, 1.54) is 17.7 Å². The molecule has 0 aromatic heterocycles. The summed E-state index contributed by atoms with van der Waals surface area (Å²) in [5.41, 5.74) is 3.06. The first-order valence-corrected chi connectivity index (χ1v) is 10.9. The number of hydrogen-bond donors (Lipinski definition) is 4. The van der Waals surface area contributed by atoms with E-state index in [0.717, 1.165) is 44.5 Å². The zero-order chi connectivity index (χ0) is 25.1. The predicted octanol–water partition coefficient (Wildman–Crippen LogP) is 4.76. The van der Waals surface area contributed by atoms with Crippen LogP contribution >= 0.6 is 0 Å². The molecule has 0 aliphatic heterocycles. The molecule has 1 rings (SSSR count). The van der Waals surface area contributed by atoms with Crippen molar-refractivity contribution in [3.05, 3.63) is 72.1 Å². The highest BCUT2D eigenvalue weighted by atomic mass is 16.3. The molecule has 1 aromatic rings. The molecule has 0 radical (unpaired) electrons. The van der Waals surface area contributed by atoms with Crippen molar-refractivity contribution in [3.63, 3.8) is 0 Å². The number of aliphatic hydroxyl groups is 2. The number of aldehydes is 1. The minimum Gasteiger partial charge on any atom is -0.516 e. The fourth-order valence-corrected chi connectivity index (χ4v) is 2.97. The van der Waals surface area contributed by atoms with E-state index in [1.54, 1.807) is 23.1 Å². The predicted molar refractivity (Wildman–Crippen MR) is 135 cm³/mol. The third-order valence-electron chi connectivity index (χ3n) is 4.76. The molecule has 1 amide bonds. The average molecular weight is 459 g/mol. The number of allylic oxidation sites excluding steroid dienone is 3. The van der Waals surface area contributed by atoms with Crippen molar-refractivity contribution in [1.82, 2.24) is 4.90 Å². The molecule has 0 heterocycles. The third kappa shape index (κ3) is 11.8. The first-order valence-electron chi connectivity index (χ1n) is 10.9. The Hall–Kier alpha value is -3.32. The van der Waals surface area contributed by atoms with Gasteiger partial charge < -0.3 is 30.3 Å². The van der Waals surface area contributed by atoms with Gasteiger partial charge in [0.1, 0.15) is 12.0 Å². The molecule has 0 unspecified atom stereocenters. The van der Waals surface area contributed by atoms with Gasteiger partial charge in [-0.1, -0.05) is 35.4 Å². The van der Waals surface area contributed by atoms with Crippen LogP contribution in [0.15, 0.2) is 66.5 Å². The number of nitrogens with zero attached hydrogens (tertiary/aromatic N) is 1. The Bertz CT molecular complexity index is 828. The van der Waals surface area contributed by atoms with Gasteiger partial charge in [-0.05, 0) is 51.3 Å². The summed E-state index contributed by atoms with van der Waals surface area (Å²) >= 11 is 0. The molecule has 4 N–H and O–H groups in total. The number of phenolic OH excluding ortho intramolecular Hbond substituents is 1. The van der Waals surface area contributed by atoms with Gasteiger partial charge in [0.2, 0.25) is 0 Å². The molecule has 1 aromatic carbocycles. The highest BCUT2D eigenvalue weighted by molar-refractivity contribution is 6.01. The summed E-state index contributed by atoms with van der Waals surface area (Å²) in [6, 6.07) is 4.81. The monoisotopic (exact) mass is 458 g/mol. The van der Waals surface area contributed by atoms with Gasteiger partial charge in [-0.2, -0.15) is 0 Å². The Balaban J connectivity index is 0.00000497. The molecule has 182 valence electrons. The van der Waals surface area contributed by atoms with E-state index in [0.29, 0.717) is 30.8 Å². The number of carbonyl (C=O) groups excluding carboxylic acids is 2. The number of benzene rings is 1. The first-order chi connectivity index (χ1) is 15.9. The molecular formula is C26H38N2O5. The lowest BCUT2D eigenvalue weighted by molar-refractivity contribution is -0.107. The van der Waals surface area contributed by atoms with Crippen LogP contribution in [-0.4, -0.2) is 59.2 Å². The maximum Gasteiger partial charge on any atom is 0.256 e. The maximum atomic E-state index is 13.2. The largest absolute Gasteiger partial charge is 0.516 e. The molecule has 0 spiro atoms. The standard InChI is InChI=1S/C25H34N2O4.CH4O/c1-4-15-26-24-22(12-6-13-23(24)30)25(31)27(16-8-19-29)17-14-21(3)10-5-9-20(2)11-7-18-28;1-2/h4,6,8-9,12-14,18-19,26,29-30H,1,5,7,10-11,15-17H2,2-3H3;2H,1H3/b19-8+,20-9+,21-14+;. The zero-order valence-electron chi connectivity index (χ0n) is 20.0. The zero-order valence-corrected chi connectivity index (χ0v) is 20.0. The van der Waals surface area contributed by atoms with Crippen LogP contribution in [0.5, 0.6) is 5.75 Å². The normalized spacial score (nSPS) is 11.5. The van der Waals surface area contributed by atoms with Crippen molar-refractivity contribution in [2.75, 3.05) is 32.1 Å². The number of para-hydroxylation sites is 1. The van der Waals surface area contributed by atoms with Crippen molar-refractivity contribution in [2.45, 2.75) is 39.5 Å². The minimum atomic E-state index is -0.255. The quantitative estimate of drug-likeness (QED) is 0.138. The van der Waals surface area contributed by atoms with Gasteiger partial charge in [-0.3, -0.25) is 4.79 Å². The van der Waals surface area contributed by atoms with E-state index in [9.17, 15) is 14.7 Å². The fourth-order valence-electron chi connectivity index (χ4n) is 2.97. The van der Waals surface area contributed by atoms with Crippen LogP contribution in [0.2, 0.25) is 0 Å². The van der Waals surface area contributed by atoms with E-state index in [-0.39, 0.29) is 18.2 Å². The van der Waals surface area contributed by atoms with E-state index < -0.39 is 0 Å². The Morgan fingerprint density at radius 3 is 2.39 bits per heavy atom. The lowest BCUT2D eigenvalue weighted by atomic mass is 10.1. The fraction of sp³-hybridized carbons (Fsp3) is 0.385. The van der Waals surface area contributed by atoms with Crippen LogP contribution < -0.4 is 5.32 Å². The number of aliphatic hydroxyl groups excluding tert-OH is 2. The summed E-state index contributed by atoms with van der Waals surface area (Å²) in [6.45, 7) is 8.72. The van der Waals surface area contributed by atoms with Crippen LogP contribution in [0.1, 0.15) is 49.9 Å². The van der Waals surface area contributed by atoms with Crippen LogP contribution in [-0.2, 0) is 4.79 Å². The van der Waals surface area contributed by atoms with Gasteiger partial charge in [-0.25, -0.2) is 0 Å². The summed E-state index contributed by atoms with van der Waals surface area (Å²) in [6.07, 6.45) is 12.2. The molecule has 7 heteroatoms. The third-order valence-corrected chi connectivity index (χ3v) is 4.76. The summed E-state index contributed by atoms with van der Waals surface area (Å²) in [5.74, 6) is -0.261. The van der Waals surface area contributed by atoms with Gasteiger partial charge in [0, 0.05) is 33.2 Å². The van der Waals surface area contributed by atoms with Crippen molar-refractivity contribution in [2.24, 2.45) is 0 Å². The van der Waals surface area contributed by atoms with Crippen molar-refractivity contribution < 1.29 is 24.9 Å². The number of anilines is 1. The van der Waals surface area contributed by atoms with Gasteiger partial charge >= 0.3 is 0 Å². The van der Waals surface area contributed by atoms with E-state index in [4.69, 9.17) is 10.2 Å². The Morgan fingerprint density at radius 2 is 1.76 bits per heavy atom. The molecular weight excluding hydrogens is 420 g/mol.